The van der Waals surface area contributed by atoms with E-state index in [-0.39, 0.29) is 12.1 Å². The molecule has 0 atom stereocenters. The zero-order valence-electron chi connectivity index (χ0n) is 9.19. The normalized spacial score (nSPS) is 11.7. The van der Waals surface area contributed by atoms with Gasteiger partial charge in [0.15, 0.2) is 0 Å². The third-order valence-corrected chi connectivity index (χ3v) is 2.21. The fourth-order valence-corrected chi connectivity index (χ4v) is 1.40. The van der Waals surface area contributed by atoms with Gasteiger partial charge in [-0.05, 0) is 19.9 Å². The molecule has 0 saturated carbocycles. The van der Waals surface area contributed by atoms with Gasteiger partial charge in [-0.1, -0.05) is 36.8 Å². The summed E-state index contributed by atoms with van der Waals surface area (Å²) in [5, 5.41) is 2.74. The number of halogens is 2. The molecule has 84 valence electrons. The molecule has 0 aromatic heterocycles. The molecule has 15 heavy (non-hydrogen) atoms. The van der Waals surface area contributed by atoms with Gasteiger partial charge in [0.25, 0.3) is 5.92 Å². The predicted octanol–water partition coefficient (Wildman–Crippen LogP) is 3.09. The van der Waals surface area contributed by atoms with Crippen molar-refractivity contribution in [1.82, 2.24) is 5.32 Å². The third kappa shape index (κ3) is 3.59. The van der Waals surface area contributed by atoms with Crippen LogP contribution in [0.15, 0.2) is 24.3 Å². The van der Waals surface area contributed by atoms with Crippen molar-refractivity contribution in [1.29, 1.82) is 0 Å². The van der Waals surface area contributed by atoms with Gasteiger partial charge in [0.05, 0.1) is 6.54 Å². The Labute approximate surface area is 89.5 Å². The molecule has 1 rings (SSSR count). The first-order valence-corrected chi connectivity index (χ1v) is 5.22. The fourth-order valence-electron chi connectivity index (χ4n) is 1.40. The molecule has 3 heteroatoms. The predicted molar refractivity (Wildman–Crippen MR) is 58.2 cm³/mol. The van der Waals surface area contributed by atoms with E-state index in [0.29, 0.717) is 6.54 Å². The number of nitrogens with one attached hydrogen (secondary N) is 1. The topological polar surface area (TPSA) is 12.0 Å². The molecule has 0 aliphatic heterocycles. The van der Waals surface area contributed by atoms with Gasteiger partial charge in [0.2, 0.25) is 0 Å². The quantitative estimate of drug-likeness (QED) is 0.741. The Morgan fingerprint density at radius 1 is 1.33 bits per heavy atom. The summed E-state index contributed by atoms with van der Waals surface area (Å²) in [4.78, 5) is 0. The van der Waals surface area contributed by atoms with Crippen LogP contribution < -0.4 is 5.32 Å². The lowest BCUT2D eigenvalue weighted by molar-refractivity contribution is -0.00296. The van der Waals surface area contributed by atoms with Crippen LogP contribution in [0.3, 0.4) is 0 Å². The van der Waals surface area contributed by atoms with Crippen molar-refractivity contribution in [3.63, 3.8) is 0 Å². The minimum absolute atomic E-state index is 0.0890. The van der Waals surface area contributed by atoms with Crippen LogP contribution in [0.5, 0.6) is 0 Å². The zero-order valence-corrected chi connectivity index (χ0v) is 9.19. The highest BCUT2D eigenvalue weighted by atomic mass is 19.3. The summed E-state index contributed by atoms with van der Waals surface area (Å²) in [7, 11) is 0. The molecule has 0 amide bonds. The summed E-state index contributed by atoms with van der Waals surface area (Å²) in [6.45, 7) is 4.11. The average Bonchev–Trinajstić information content (AvgIpc) is 2.18. The number of hydrogen-bond donors (Lipinski definition) is 1. The molecule has 0 spiro atoms. The SMILES string of the molecule is CCCNCC(F)(F)c1cccc(C)c1. The van der Waals surface area contributed by atoms with Gasteiger partial charge in [-0.2, -0.15) is 8.78 Å². The van der Waals surface area contributed by atoms with Crippen LogP contribution in [0.4, 0.5) is 8.78 Å². The van der Waals surface area contributed by atoms with Crippen molar-refractivity contribution in [2.24, 2.45) is 0 Å². The average molecular weight is 213 g/mol. The lowest BCUT2D eigenvalue weighted by atomic mass is 10.1. The number of rotatable bonds is 5. The molecule has 1 aromatic rings. The van der Waals surface area contributed by atoms with Crippen LogP contribution in [-0.4, -0.2) is 13.1 Å². The Bertz CT molecular complexity index is 310. The molecule has 0 unspecified atom stereocenters. The summed E-state index contributed by atoms with van der Waals surface area (Å²) in [6, 6.07) is 6.49. The molecular weight excluding hydrogens is 196 g/mol. The first kappa shape index (κ1) is 12.1. The fraction of sp³-hybridized carbons (Fsp3) is 0.500. The second-order valence-electron chi connectivity index (χ2n) is 3.75. The Kier molecular flexibility index (Phi) is 4.21. The van der Waals surface area contributed by atoms with Crippen LogP contribution in [0, 0.1) is 6.92 Å². The van der Waals surface area contributed by atoms with Crippen molar-refractivity contribution in [3.05, 3.63) is 35.4 Å². The third-order valence-electron chi connectivity index (χ3n) is 2.21. The first-order chi connectivity index (χ1) is 7.06. The minimum atomic E-state index is -2.78. The zero-order chi connectivity index (χ0) is 11.3. The van der Waals surface area contributed by atoms with Crippen LogP contribution in [-0.2, 0) is 5.92 Å². The molecule has 1 N–H and O–H groups in total. The Morgan fingerprint density at radius 2 is 2.07 bits per heavy atom. The van der Waals surface area contributed by atoms with Crippen LogP contribution in [0.1, 0.15) is 24.5 Å². The number of benzene rings is 1. The first-order valence-electron chi connectivity index (χ1n) is 5.22. The second-order valence-corrected chi connectivity index (χ2v) is 3.75. The molecule has 1 aromatic carbocycles. The molecule has 0 aliphatic carbocycles. The molecule has 0 bridgehead atoms. The highest BCUT2D eigenvalue weighted by Gasteiger charge is 2.30. The van der Waals surface area contributed by atoms with Gasteiger partial charge in [-0.25, -0.2) is 0 Å². The van der Waals surface area contributed by atoms with E-state index in [2.05, 4.69) is 5.32 Å². The standard InChI is InChI=1S/C12H17F2N/c1-3-7-15-9-12(13,14)11-6-4-5-10(2)8-11/h4-6,8,15H,3,7,9H2,1-2H3. The van der Waals surface area contributed by atoms with Crippen molar-refractivity contribution >= 4 is 0 Å². The monoisotopic (exact) mass is 213 g/mol. The van der Waals surface area contributed by atoms with E-state index in [1.54, 1.807) is 6.07 Å². The summed E-state index contributed by atoms with van der Waals surface area (Å²) >= 11 is 0. The maximum Gasteiger partial charge on any atom is 0.285 e. The lowest BCUT2D eigenvalue weighted by Crippen LogP contribution is -2.31. The van der Waals surface area contributed by atoms with E-state index in [9.17, 15) is 8.78 Å². The van der Waals surface area contributed by atoms with E-state index >= 15 is 0 Å². The van der Waals surface area contributed by atoms with Gasteiger partial charge in [0, 0.05) is 5.56 Å². The van der Waals surface area contributed by atoms with E-state index in [4.69, 9.17) is 0 Å². The Hall–Kier alpha value is -0.960. The van der Waals surface area contributed by atoms with E-state index in [1.165, 1.54) is 12.1 Å². The number of aryl methyl sites for hydroxylation is 1. The largest absolute Gasteiger partial charge is 0.311 e. The molecule has 0 radical (unpaired) electrons. The molecule has 0 fully saturated rings. The highest BCUT2D eigenvalue weighted by molar-refractivity contribution is 5.26. The van der Waals surface area contributed by atoms with Crippen molar-refractivity contribution < 1.29 is 8.78 Å². The smallest absolute Gasteiger partial charge is 0.285 e. The number of hydrogen-bond acceptors (Lipinski definition) is 1. The lowest BCUT2D eigenvalue weighted by Gasteiger charge is -2.17. The van der Waals surface area contributed by atoms with Crippen molar-refractivity contribution in [2.75, 3.05) is 13.1 Å². The van der Waals surface area contributed by atoms with E-state index in [1.807, 2.05) is 19.9 Å². The van der Waals surface area contributed by atoms with E-state index < -0.39 is 5.92 Å². The molecule has 1 nitrogen and oxygen atoms in total. The van der Waals surface area contributed by atoms with Crippen molar-refractivity contribution in [2.45, 2.75) is 26.2 Å². The Morgan fingerprint density at radius 3 is 2.67 bits per heavy atom. The summed E-state index contributed by atoms with van der Waals surface area (Å²) in [6.07, 6.45) is 0.865. The van der Waals surface area contributed by atoms with Gasteiger partial charge in [0.1, 0.15) is 0 Å². The van der Waals surface area contributed by atoms with Crippen LogP contribution in [0.25, 0.3) is 0 Å². The molecule has 0 heterocycles. The van der Waals surface area contributed by atoms with Gasteiger partial charge in [-0.15, -0.1) is 0 Å². The molecular formula is C12H17F2N. The van der Waals surface area contributed by atoms with Gasteiger partial charge >= 0.3 is 0 Å². The maximum atomic E-state index is 13.6. The van der Waals surface area contributed by atoms with E-state index in [0.717, 1.165) is 12.0 Å². The van der Waals surface area contributed by atoms with Crippen molar-refractivity contribution in [3.8, 4) is 0 Å². The second kappa shape index (κ2) is 5.21. The number of alkyl halides is 2. The van der Waals surface area contributed by atoms with Crippen LogP contribution in [0.2, 0.25) is 0 Å². The maximum absolute atomic E-state index is 13.6. The Balaban J connectivity index is 2.67. The van der Waals surface area contributed by atoms with Crippen LogP contribution >= 0.6 is 0 Å². The highest BCUT2D eigenvalue weighted by Crippen LogP contribution is 2.27. The van der Waals surface area contributed by atoms with Gasteiger partial charge in [-0.3, -0.25) is 0 Å². The molecule has 0 saturated heterocycles. The summed E-state index contributed by atoms with van der Waals surface area (Å²) < 4.78 is 27.2. The summed E-state index contributed by atoms with van der Waals surface area (Å²) in [5.74, 6) is -2.78. The molecule has 0 aliphatic rings. The summed E-state index contributed by atoms with van der Waals surface area (Å²) in [5.41, 5.74) is 0.953. The van der Waals surface area contributed by atoms with Gasteiger partial charge < -0.3 is 5.32 Å². The minimum Gasteiger partial charge on any atom is -0.311 e.